The Labute approximate surface area is 217 Å². The number of anilines is 1. The van der Waals surface area contributed by atoms with Crippen molar-refractivity contribution in [2.75, 3.05) is 38.2 Å². The van der Waals surface area contributed by atoms with Crippen LogP contribution in [0, 0.1) is 16.7 Å². The SMILES string of the molecule is CCCC(F)(F)CC(NC(=O)N1CCC2(CC1)CCN(c1ccc(OC)cc1)C2)C(=O)NC1(C#N)CC1. The van der Waals surface area contributed by atoms with Crippen LogP contribution < -0.4 is 20.3 Å². The van der Waals surface area contributed by atoms with Crippen molar-refractivity contribution in [2.24, 2.45) is 5.41 Å². The second-order valence-corrected chi connectivity index (χ2v) is 10.9. The van der Waals surface area contributed by atoms with Crippen LogP contribution in [-0.2, 0) is 4.79 Å². The third kappa shape index (κ3) is 6.43. The highest BCUT2D eigenvalue weighted by Crippen LogP contribution is 2.42. The van der Waals surface area contributed by atoms with Crippen LogP contribution in [0.2, 0.25) is 0 Å². The van der Waals surface area contributed by atoms with Crippen LogP contribution in [0.1, 0.15) is 58.3 Å². The molecule has 8 nitrogen and oxygen atoms in total. The van der Waals surface area contributed by atoms with E-state index in [1.165, 1.54) is 0 Å². The molecule has 1 aromatic rings. The van der Waals surface area contributed by atoms with E-state index in [9.17, 15) is 23.6 Å². The zero-order valence-corrected chi connectivity index (χ0v) is 21.7. The molecule has 2 N–H and O–H groups in total. The van der Waals surface area contributed by atoms with Gasteiger partial charge in [-0.1, -0.05) is 13.3 Å². The van der Waals surface area contributed by atoms with Gasteiger partial charge in [-0.15, -0.1) is 0 Å². The van der Waals surface area contributed by atoms with Crippen LogP contribution in [-0.4, -0.2) is 67.6 Å². The zero-order chi connectivity index (χ0) is 26.7. The predicted octanol–water partition coefficient (Wildman–Crippen LogP) is 4.06. The number of carbonyl (C=O) groups is 2. The quantitative estimate of drug-likeness (QED) is 0.515. The van der Waals surface area contributed by atoms with Crippen LogP contribution >= 0.6 is 0 Å². The molecule has 10 heteroatoms. The maximum Gasteiger partial charge on any atom is 0.318 e. The minimum absolute atomic E-state index is 0.104. The first-order valence-corrected chi connectivity index (χ1v) is 13.2. The van der Waals surface area contributed by atoms with Gasteiger partial charge < -0.3 is 25.2 Å². The molecule has 0 bridgehead atoms. The Morgan fingerprint density at radius 1 is 1.14 bits per heavy atom. The number of nitrogens with one attached hydrogen (secondary N) is 2. The summed E-state index contributed by atoms with van der Waals surface area (Å²) in [5.74, 6) is -2.99. The first-order valence-electron chi connectivity index (χ1n) is 13.2. The number of halogens is 2. The van der Waals surface area contributed by atoms with Gasteiger partial charge in [0.25, 0.3) is 5.92 Å². The second-order valence-electron chi connectivity index (χ2n) is 10.9. The smallest absolute Gasteiger partial charge is 0.318 e. The molecule has 2 heterocycles. The Balaban J connectivity index is 1.34. The third-order valence-electron chi connectivity index (χ3n) is 8.05. The predicted molar refractivity (Wildman–Crippen MR) is 136 cm³/mol. The van der Waals surface area contributed by atoms with Crippen molar-refractivity contribution in [3.8, 4) is 11.8 Å². The number of nitrogens with zero attached hydrogens (tertiary/aromatic N) is 3. The number of urea groups is 1. The van der Waals surface area contributed by atoms with Crippen molar-refractivity contribution < 1.29 is 23.1 Å². The number of hydrogen-bond acceptors (Lipinski definition) is 5. The summed E-state index contributed by atoms with van der Waals surface area (Å²) in [6.45, 7) is 4.50. The topological polar surface area (TPSA) is 97.7 Å². The maximum atomic E-state index is 14.5. The van der Waals surface area contributed by atoms with E-state index in [2.05, 4.69) is 27.7 Å². The molecule has 3 amide bonds. The van der Waals surface area contributed by atoms with Gasteiger partial charge >= 0.3 is 6.03 Å². The molecule has 1 saturated carbocycles. The first kappa shape index (κ1) is 27.0. The molecule has 1 aromatic carbocycles. The fourth-order valence-corrected chi connectivity index (χ4v) is 5.47. The van der Waals surface area contributed by atoms with E-state index < -0.39 is 35.9 Å². The number of likely N-dealkylation sites (tertiary alicyclic amines) is 1. The molecule has 37 heavy (non-hydrogen) atoms. The van der Waals surface area contributed by atoms with E-state index in [0.717, 1.165) is 43.8 Å². The molecule has 3 aliphatic rings. The summed E-state index contributed by atoms with van der Waals surface area (Å²) in [6.07, 6.45) is 2.74. The average Bonchev–Trinajstić information content (AvgIpc) is 3.54. The molecule has 202 valence electrons. The molecule has 1 aliphatic carbocycles. The highest BCUT2D eigenvalue weighted by Gasteiger charge is 2.47. The van der Waals surface area contributed by atoms with Crippen molar-refractivity contribution >= 4 is 17.6 Å². The van der Waals surface area contributed by atoms with Gasteiger partial charge in [0.2, 0.25) is 5.91 Å². The number of rotatable bonds is 9. The van der Waals surface area contributed by atoms with Crippen molar-refractivity contribution in [1.29, 1.82) is 5.26 Å². The normalized spacial score (nSPS) is 20.7. The Morgan fingerprint density at radius 2 is 1.78 bits per heavy atom. The molecule has 0 radical (unpaired) electrons. The number of alkyl halides is 2. The lowest BCUT2D eigenvalue weighted by Crippen LogP contribution is -2.56. The van der Waals surface area contributed by atoms with Crippen LogP contribution in [0.5, 0.6) is 5.75 Å². The number of amides is 3. The van der Waals surface area contributed by atoms with Crippen LogP contribution in [0.15, 0.2) is 24.3 Å². The van der Waals surface area contributed by atoms with Gasteiger partial charge in [0.1, 0.15) is 17.3 Å². The lowest BCUT2D eigenvalue weighted by atomic mass is 9.78. The Hall–Kier alpha value is -3.09. The fraction of sp³-hybridized carbons (Fsp3) is 0.667. The summed E-state index contributed by atoms with van der Waals surface area (Å²) >= 11 is 0. The summed E-state index contributed by atoms with van der Waals surface area (Å²) in [4.78, 5) is 29.9. The van der Waals surface area contributed by atoms with Gasteiger partial charge in [-0.2, -0.15) is 5.26 Å². The van der Waals surface area contributed by atoms with Crippen molar-refractivity contribution in [1.82, 2.24) is 15.5 Å². The molecular weight excluding hydrogens is 480 g/mol. The summed E-state index contributed by atoms with van der Waals surface area (Å²) in [5.41, 5.74) is 0.258. The van der Waals surface area contributed by atoms with E-state index in [4.69, 9.17) is 4.74 Å². The van der Waals surface area contributed by atoms with Crippen LogP contribution in [0.4, 0.5) is 19.3 Å². The Morgan fingerprint density at radius 3 is 2.35 bits per heavy atom. The minimum Gasteiger partial charge on any atom is -0.497 e. The summed E-state index contributed by atoms with van der Waals surface area (Å²) in [6, 6.07) is 8.15. The molecule has 0 aromatic heterocycles. The minimum atomic E-state index is -3.09. The van der Waals surface area contributed by atoms with Crippen molar-refractivity contribution in [3.63, 3.8) is 0 Å². The van der Waals surface area contributed by atoms with Crippen LogP contribution in [0.25, 0.3) is 0 Å². The fourth-order valence-electron chi connectivity index (χ4n) is 5.47. The molecule has 3 fully saturated rings. The number of methoxy groups -OCH3 is 1. The molecule has 2 aliphatic heterocycles. The number of piperidine rings is 1. The Kier molecular flexibility index (Phi) is 7.81. The van der Waals surface area contributed by atoms with E-state index in [1.54, 1.807) is 18.9 Å². The largest absolute Gasteiger partial charge is 0.497 e. The second kappa shape index (κ2) is 10.7. The van der Waals surface area contributed by atoms with E-state index in [-0.39, 0.29) is 18.3 Å². The summed E-state index contributed by atoms with van der Waals surface area (Å²) in [5, 5.41) is 14.4. The van der Waals surface area contributed by atoms with Crippen LogP contribution in [0.3, 0.4) is 0 Å². The Bertz CT molecular complexity index is 1010. The summed E-state index contributed by atoms with van der Waals surface area (Å²) < 4.78 is 34.2. The standard InChI is InChI=1S/C27H37F2N5O3/c1-3-8-27(28,29)17-22(23(35)32-26(18-30)9-10-26)31-24(36)33-14-11-25(12-15-33)13-16-34(19-25)20-4-6-21(37-2)7-5-20/h4-7,22H,3,8-17,19H2,1-2H3,(H,31,36)(H,32,35). The van der Waals surface area contributed by atoms with Gasteiger partial charge in [0.05, 0.1) is 13.2 Å². The zero-order valence-electron chi connectivity index (χ0n) is 21.7. The maximum absolute atomic E-state index is 14.5. The van der Waals surface area contributed by atoms with Gasteiger partial charge in [-0.25, -0.2) is 13.6 Å². The number of nitriles is 1. The first-order chi connectivity index (χ1) is 17.6. The van der Waals surface area contributed by atoms with Crippen molar-refractivity contribution in [3.05, 3.63) is 24.3 Å². The van der Waals surface area contributed by atoms with Crippen molar-refractivity contribution in [2.45, 2.75) is 75.8 Å². The lowest BCUT2D eigenvalue weighted by Gasteiger charge is -2.40. The van der Waals surface area contributed by atoms with Gasteiger partial charge in [-0.3, -0.25) is 4.79 Å². The van der Waals surface area contributed by atoms with E-state index >= 15 is 0 Å². The number of hydrogen-bond donors (Lipinski definition) is 2. The highest BCUT2D eigenvalue weighted by atomic mass is 19.3. The van der Waals surface area contributed by atoms with Gasteiger partial charge in [0, 0.05) is 44.7 Å². The summed E-state index contributed by atoms with van der Waals surface area (Å²) in [7, 11) is 1.64. The number of ether oxygens (including phenoxy) is 1. The molecule has 4 rings (SSSR count). The molecular formula is C27H37F2N5O3. The highest BCUT2D eigenvalue weighted by molar-refractivity contribution is 5.88. The van der Waals surface area contributed by atoms with E-state index in [1.807, 2.05) is 18.2 Å². The number of carbonyl (C=O) groups excluding carboxylic acids is 2. The molecule has 1 atom stereocenters. The lowest BCUT2D eigenvalue weighted by molar-refractivity contribution is -0.126. The molecule has 1 unspecified atom stereocenters. The number of benzene rings is 1. The molecule has 1 spiro atoms. The van der Waals surface area contributed by atoms with Gasteiger partial charge in [-0.05, 0) is 61.8 Å². The van der Waals surface area contributed by atoms with E-state index in [0.29, 0.717) is 25.9 Å². The average molecular weight is 518 g/mol. The monoisotopic (exact) mass is 517 g/mol. The van der Waals surface area contributed by atoms with Gasteiger partial charge in [0.15, 0.2) is 0 Å². The molecule has 2 saturated heterocycles. The third-order valence-corrected chi connectivity index (χ3v) is 8.05.